The maximum atomic E-state index is 13.1. The third-order valence-corrected chi connectivity index (χ3v) is 5.34. The molecule has 1 amide bonds. The van der Waals surface area contributed by atoms with Gasteiger partial charge in [0.1, 0.15) is 6.61 Å². The van der Waals surface area contributed by atoms with Crippen molar-refractivity contribution >= 4 is 22.4 Å². The fourth-order valence-electron chi connectivity index (χ4n) is 3.85. The monoisotopic (exact) mass is 390 g/mol. The lowest BCUT2D eigenvalue weighted by Crippen LogP contribution is -2.19. The molecule has 0 atom stereocenters. The molecule has 0 saturated heterocycles. The van der Waals surface area contributed by atoms with Gasteiger partial charge >= 0.3 is 0 Å². The normalized spacial score (nSPS) is 12.4. The Morgan fingerprint density at radius 2 is 1.83 bits per heavy atom. The van der Waals surface area contributed by atoms with Gasteiger partial charge in [0.25, 0.3) is 5.91 Å². The largest absolute Gasteiger partial charge is 0.493 e. The lowest BCUT2D eigenvalue weighted by Gasteiger charge is -2.15. The Balaban J connectivity index is 1.58. The maximum Gasteiger partial charge on any atom is 0.256 e. The first-order valence-corrected chi connectivity index (χ1v) is 9.87. The van der Waals surface area contributed by atoms with Gasteiger partial charge in [0.05, 0.1) is 7.11 Å². The number of nitrogens with zero attached hydrogens (tertiary/aromatic N) is 1. The van der Waals surface area contributed by atoms with Gasteiger partial charge < -0.3 is 19.7 Å². The van der Waals surface area contributed by atoms with Gasteiger partial charge in [-0.15, -0.1) is 0 Å². The van der Waals surface area contributed by atoms with Crippen LogP contribution in [-0.2, 0) is 12.8 Å². The third-order valence-electron chi connectivity index (χ3n) is 5.34. The van der Waals surface area contributed by atoms with Gasteiger partial charge in [-0.05, 0) is 67.0 Å². The zero-order valence-corrected chi connectivity index (χ0v) is 17.1. The maximum absolute atomic E-state index is 13.1. The molecule has 0 unspecified atom stereocenters. The lowest BCUT2D eigenvalue weighted by molar-refractivity contribution is 0.102. The number of anilines is 1. The lowest BCUT2D eigenvalue weighted by atomic mass is 9.99. The fraction of sp³-hybridized carbons (Fsp3) is 0.292. The van der Waals surface area contributed by atoms with Gasteiger partial charge in [-0.1, -0.05) is 24.3 Å². The third kappa shape index (κ3) is 3.91. The second kappa shape index (κ2) is 8.13. The standard InChI is InChI=1S/C24H26N2O3/c1-26(2)13-14-29-22-15-18(10-12-21(22)28-3)25-24(27)20-11-9-17-8-7-16-5-4-6-19(20)23(16)17/h4-6,9-12,15H,7-8,13-14H2,1-3H3,(H,25,27). The van der Waals surface area contributed by atoms with Crippen LogP contribution in [0.2, 0.25) is 0 Å². The van der Waals surface area contributed by atoms with Crippen LogP contribution < -0.4 is 14.8 Å². The highest BCUT2D eigenvalue weighted by molar-refractivity contribution is 6.14. The molecule has 1 aliphatic carbocycles. The van der Waals surface area contributed by atoms with Crippen LogP contribution in [0.5, 0.6) is 11.5 Å². The number of hydrogen-bond donors (Lipinski definition) is 1. The summed E-state index contributed by atoms with van der Waals surface area (Å²) < 4.78 is 11.2. The van der Waals surface area contributed by atoms with E-state index in [1.165, 1.54) is 16.5 Å². The van der Waals surface area contributed by atoms with E-state index in [4.69, 9.17) is 9.47 Å². The number of carbonyl (C=O) groups excluding carboxylic acids is 1. The number of carbonyl (C=O) groups is 1. The average Bonchev–Trinajstić information content (AvgIpc) is 3.13. The van der Waals surface area contributed by atoms with E-state index < -0.39 is 0 Å². The second-order valence-electron chi connectivity index (χ2n) is 7.58. The van der Waals surface area contributed by atoms with Crippen molar-refractivity contribution in [1.29, 1.82) is 0 Å². The van der Waals surface area contributed by atoms with Crippen LogP contribution in [0.15, 0.2) is 48.5 Å². The number of rotatable bonds is 7. The van der Waals surface area contributed by atoms with Crippen molar-refractivity contribution in [2.24, 2.45) is 0 Å². The molecule has 0 spiro atoms. The number of nitrogens with one attached hydrogen (secondary N) is 1. The van der Waals surface area contributed by atoms with Crippen molar-refractivity contribution in [2.75, 3.05) is 39.7 Å². The minimum Gasteiger partial charge on any atom is -0.493 e. The summed E-state index contributed by atoms with van der Waals surface area (Å²) in [7, 11) is 5.60. The molecule has 5 heteroatoms. The molecule has 1 aliphatic rings. The Hall–Kier alpha value is -3.05. The summed E-state index contributed by atoms with van der Waals surface area (Å²) in [6.07, 6.45) is 2.09. The molecule has 0 heterocycles. The Morgan fingerprint density at radius 3 is 2.59 bits per heavy atom. The predicted molar refractivity (Wildman–Crippen MR) is 116 cm³/mol. The van der Waals surface area contributed by atoms with Crippen LogP contribution in [0.4, 0.5) is 5.69 Å². The van der Waals surface area contributed by atoms with Gasteiger partial charge in [-0.25, -0.2) is 0 Å². The Kier molecular flexibility index (Phi) is 5.41. The van der Waals surface area contributed by atoms with Gasteiger partial charge in [-0.2, -0.15) is 0 Å². The van der Waals surface area contributed by atoms with Crippen LogP contribution >= 0.6 is 0 Å². The van der Waals surface area contributed by atoms with E-state index in [1.807, 2.05) is 55.4 Å². The quantitative estimate of drug-likeness (QED) is 0.659. The number of amides is 1. The minimum atomic E-state index is -0.120. The first kappa shape index (κ1) is 19.3. The van der Waals surface area contributed by atoms with Crippen molar-refractivity contribution in [3.05, 3.63) is 65.2 Å². The van der Waals surface area contributed by atoms with E-state index in [-0.39, 0.29) is 5.91 Å². The van der Waals surface area contributed by atoms with Crippen LogP contribution in [0.25, 0.3) is 10.8 Å². The van der Waals surface area contributed by atoms with Crippen molar-refractivity contribution in [2.45, 2.75) is 12.8 Å². The highest BCUT2D eigenvalue weighted by Crippen LogP contribution is 2.34. The van der Waals surface area contributed by atoms with Crippen LogP contribution in [-0.4, -0.2) is 45.2 Å². The molecule has 29 heavy (non-hydrogen) atoms. The predicted octanol–water partition coefficient (Wildman–Crippen LogP) is 4.14. The Labute approximate surface area is 171 Å². The fourth-order valence-corrected chi connectivity index (χ4v) is 3.85. The molecule has 4 rings (SSSR count). The average molecular weight is 390 g/mol. The summed E-state index contributed by atoms with van der Waals surface area (Å²) in [6, 6.07) is 15.7. The molecule has 0 aliphatic heterocycles. The van der Waals surface area contributed by atoms with E-state index in [0.29, 0.717) is 29.4 Å². The van der Waals surface area contributed by atoms with Crippen LogP contribution in [0, 0.1) is 0 Å². The molecule has 0 aromatic heterocycles. The molecule has 0 saturated carbocycles. The van der Waals surface area contributed by atoms with E-state index in [2.05, 4.69) is 17.4 Å². The molecule has 3 aromatic rings. The van der Waals surface area contributed by atoms with E-state index in [1.54, 1.807) is 7.11 Å². The van der Waals surface area contributed by atoms with Crippen LogP contribution in [0.1, 0.15) is 21.5 Å². The van der Waals surface area contributed by atoms with Gasteiger partial charge in [0.15, 0.2) is 11.5 Å². The highest BCUT2D eigenvalue weighted by Gasteiger charge is 2.19. The highest BCUT2D eigenvalue weighted by atomic mass is 16.5. The zero-order valence-electron chi connectivity index (χ0n) is 17.1. The smallest absolute Gasteiger partial charge is 0.256 e. The Morgan fingerprint density at radius 1 is 1.03 bits per heavy atom. The number of likely N-dealkylation sites (N-methyl/N-ethyl adjacent to an activating group) is 1. The molecular formula is C24H26N2O3. The molecule has 0 fully saturated rings. The van der Waals surface area contributed by atoms with Crippen molar-refractivity contribution in [3.8, 4) is 11.5 Å². The van der Waals surface area contributed by atoms with Gasteiger partial charge in [0, 0.05) is 23.9 Å². The number of ether oxygens (including phenoxy) is 2. The van der Waals surface area contributed by atoms with Crippen molar-refractivity contribution < 1.29 is 14.3 Å². The molecule has 3 aromatic carbocycles. The summed E-state index contributed by atoms with van der Waals surface area (Å²) in [4.78, 5) is 15.1. The number of benzene rings is 3. The van der Waals surface area contributed by atoms with Gasteiger partial charge in [-0.3, -0.25) is 4.79 Å². The molecular weight excluding hydrogens is 364 g/mol. The van der Waals surface area contributed by atoms with E-state index >= 15 is 0 Å². The van der Waals surface area contributed by atoms with Crippen molar-refractivity contribution in [3.63, 3.8) is 0 Å². The summed E-state index contributed by atoms with van der Waals surface area (Å²) in [5, 5.41) is 5.27. The summed E-state index contributed by atoms with van der Waals surface area (Å²) in [5.41, 5.74) is 4.03. The summed E-state index contributed by atoms with van der Waals surface area (Å²) >= 11 is 0. The van der Waals surface area contributed by atoms with E-state index in [9.17, 15) is 4.79 Å². The number of methoxy groups -OCH3 is 1. The van der Waals surface area contributed by atoms with Gasteiger partial charge in [0.2, 0.25) is 0 Å². The van der Waals surface area contributed by atoms with Crippen LogP contribution in [0.3, 0.4) is 0 Å². The SMILES string of the molecule is COc1ccc(NC(=O)c2ccc3c4c(cccc24)CC3)cc1OCCN(C)C. The molecule has 5 nitrogen and oxygen atoms in total. The summed E-state index contributed by atoms with van der Waals surface area (Å²) in [5.74, 6) is 1.14. The molecule has 1 N–H and O–H groups in total. The second-order valence-corrected chi connectivity index (χ2v) is 7.58. The first-order valence-electron chi connectivity index (χ1n) is 9.87. The van der Waals surface area contributed by atoms with Crippen molar-refractivity contribution in [1.82, 2.24) is 4.90 Å². The molecule has 0 radical (unpaired) electrons. The van der Waals surface area contributed by atoms with E-state index in [0.717, 1.165) is 24.8 Å². The first-order chi connectivity index (χ1) is 14.1. The minimum absolute atomic E-state index is 0.120. The zero-order chi connectivity index (χ0) is 20.4. The molecule has 150 valence electrons. The topological polar surface area (TPSA) is 50.8 Å². The number of aryl methyl sites for hydroxylation is 2. The Bertz CT molecular complexity index is 1050. The molecule has 0 bridgehead atoms. The number of hydrogen-bond acceptors (Lipinski definition) is 4. The summed E-state index contributed by atoms with van der Waals surface area (Å²) in [6.45, 7) is 1.33.